The van der Waals surface area contributed by atoms with E-state index in [0.717, 1.165) is 5.92 Å². The number of hydrogen-bond donors (Lipinski definition) is 0. The number of benzene rings is 2. The average molecular weight is 391 g/mol. The van der Waals surface area contributed by atoms with E-state index in [1.54, 1.807) is 11.1 Å². The summed E-state index contributed by atoms with van der Waals surface area (Å²) >= 11 is 0. The third-order valence-electron chi connectivity index (χ3n) is 6.86. The van der Waals surface area contributed by atoms with Gasteiger partial charge >= 0.3 is 0 Å². The van der Waals surface area contributed by atoms with Crippen molar-refractivity contribution in [2.24, 2.45) is 5.92 Å². The van der Waals surface area contributed by atoms with Crippen molar-refractivity contribution in [2.75, 3.05) is 0 Å². The van der Waals surface area contributed by atoms with Crippen molar-refractivity contribution in [3.63, 3.8) is 0 Å². The molecule has 0 aromatic heterocycles. The van der Waals surface area contributed by atoms with Crippen molar-refractivity contribution in [2.45, 2.75) is 104 Å². The first kappa shape index (κ1) is 22.1. The fourth-order valence-electron chi connectivity index (χ4n) is 4.91. The summed E-state index contributed by atoms with van der Waals surface area (Å²) < 4.78 is 0. The van der Waals surface area contributed by atoms with Gasteiger partial charge in [-0.2, -0.15) is 0 Å². The van der Waals surface area contributed by atoms with Crippen LogP contribution in [0.5, 0.6) is 0 Å². The van der Waals surface area contributed by atoms with Crippen molar-refractivity contribution < 1.29 is 0 Å². The van der Waals surface area contributed by atoms with Gasteiger partial charge < -0.3 is 0 Å². The Balaban J connectivity index is 1.52. The zero-order valence-electron chi connectivity index (χ0n) is 19.0. The second kappa shape index (κ2) is 12.2. The Morgan fingerprint density at radius 3 is 2.14 bits per heavy atom. The molecule has 1 atom stereocenters. The molecule has 0 bridgehead atoms. The first-order valence-electron chi connectivity index (χ1n) is 12.5. The van der Waals surface area contributed by atoms with Crippen LogP contribution in [-0.4, -0.2) is 0 Å². The molecule has 0 saturated carbocycles. The summed E-state index contributed by atoms with van der Waals surface area (Å²) in [4.78, 5) is 0. The van der Waals surface area contributed by atoms with Gasteiger partial charge in [0.2, 0.25) is 0 Å². The van der Waals surface area contributed by atoms with E-state index in [2.05, 4.69) is 56.3 Å². The third-order valence-corrected chi connectivity index (χ3v) is 6.86. The smallest absolute Gasteiger partial charge is 0.0181 e. The molecule has 0 aliphatic heterocycles. The third kappa shape index (κ3) is 7.02. The van der Waals surface area contributed by atoms with Crippen LogP contribution in [0.3, 0.4) is 0 Å². The average Bonchev–Trinajstić information content (AvgIpc) is 2.76. The molecule has 0 fully saturated rings. The molecular weight excluding hydrogens is 348 g/mol. The molecule has 1 unspecified atom stereocenters. The van der Waals surface area contributed by atoms with Crippen LogP contribution in [0, 0.1) is 5.92 Å². The summed E-state index contributed by atoms with van der Waals surface area (Å²) in [6.45, 7) is 4.59. The maximum absolute atomic E-state index is 2.47. The van der Waals surface area contributed by atoms with Crippen molar-refractivity contribution in [1.29, 1.82) is 0 Å². The SMILES string of the molecule is CCCCCCCc1ccc(-c2ccc3c(c2)CCC(CCCCCC)C3)cc1. The second-order valence-corrected chi connectivity index (χ2v) is 9.30. The molecule has 0 amide bonds. The summed E-state index contributed by atoms with van der Waals surface area (Å²) in [7, 11) is 0. The van der Waals surface area contributed by atoms with E-state index >= 15 is 0 Å². The highest BCUT2D eigenvalue weighted by Gasteiger charge is 2.18. The summed E-state index contributed by atoms with van der Waals surface area (Å²) in [5.41, 5.74) is 7.49. The number of rotatable bonds is 12. The Kier molecular flexibility index (Phi) is 9.32. The maximum atomic E-state index is 2.47. The maximum Gasteiger partial charge on any atom is -0.0181 e. The van der Waals surface area contributed by atoms with Gasteiger partial charge in [-0.15, -0.1) is 0 Å². The molecular formula is C29H42. The lowest BCUT2D eigenvalue weighted by Gasteiger charge is -2.25. The van der Waals surface area contributed by atoms with Crippen molar-refractivity contribution >= 4 is 0 Å². The monoisotopic (exact) mass is 390 g/mol. The molecule has 2 aromatic rings. The molecule has 0 spiro atoms. The molecule has 1 aliphatic carbocycles. The van der Waals surface area contributed by atoms with Crippen LogP contribution in [0.15, 0.2) is 42.5 Å². The van der Waals surface area contributed by atoms with E-state index in [9.17, 15) is 0 Å². The van der Waals surface area contributed by atoms with Crippen LogP contribution in [0.2, 0.25) is 0 Å². The van der Waals surface area contributed by atoms with Gasteiger partial charge in [-0.1, -0.05) is 114 Å². The molecule has 158 valence electrons. The Morgan fingerprint density at radius 1 is 0.690 bits per heavy atom. The largest absolute Gasteiger partial charge is 0.0654 e. The number of fused-ring (bicyclic) bond motifs is 1. The van der Waals surface area contributed by atoms with Gasteiger partial charge in [0.15, 0.2) is 0 Å². The van der Waals surface area contributed by atoms with Crippen molar-refractivity contribution in [3.05, 3.63) is 59.2 Å². The Morgan fingerprint density at radius 2 is 1.38 bits per heavy atom. The molecule has 0 radical (unpaired) electrons. The fourth-order valence-corrected chi connectivity index (χ4v) is 4.91. The van der Waals surface area contributed by atoms with Crippen LogP contribution in [0.25, 0.3) is 11.1 Å². The van der Waals surface area contributed by atoms with Gasteiger partial charge in [-0.3, -0.25) is 0 Å². The minimum atomic E-state index is 0.918. The number of hydrogen-bond acceptors (Lipinski definition) is 0. The first-order chi connectivity index (χ1) is 14.3. The topological polar surface area (TPSA) is 0 Å². The van der Waals surface area contributed by atoms with Crippen LogP contribution >= 0.6 is 0 Å². The minimum Gasteiger partial charge on any atom is -0.0654 e. The predicted octanol–water partition coefficient (Wildman–Crippen LogP) is 8.94. The Labute approximate surface area is 180 Å². The zero-order valence-corrected chi connectivity index (χ0v) is 19.0. The van der Waals surface area contributed by atoms with E-state index in [0.29, 0.717) is 0 Å². The normalized spacial score (nSPS) is 16.0. The molecule has 0 heterocycles. The van der Waals surface area contributed by atoms with Crippen LogP contribution in [0.1, 0.15) is 101 Å². The van der Waals surface area contributed by atoms with E-state index in [1.165, 1.54) is 107 Å². The lowest BCUT2D eigenvalue weighted by atomic mass is 9.80. The molecule has 2 aromatic carbocycles. The van der Waals surface area contributed by atoms with E-state index in [4.69, 9.17) is 0 Å². The van der Waals surface area contributed by atoms with Crippen molar-refractivity contribution in [1.82, 2.24) is 0 Å². The van der Waals surface area contributed by atoms with Gasteiger partial charge in [-0.05, 0) is 65.8 Å². The Bertz CT molecular complexity index is 709. The molecule has 0 nitrogen and oxygen atoms in total. The van der Waals surface area contributed by atoms with Gasteiger partial charge in [-0.25, -0.2) is 0 Å². The zero-order chi connectivity index (χ0) is 20.3. The van der Waals surface area contributed by atoms with E-state index in [-0.39, 0.29) is 0 Å². The second-order valence-electron chi connectivity index (χ2n) is 9.30. The lowest BCUT2D eigenvalue weighted by Crippen LogP contribution is -2.14. The van der Waals surface area contributed by atoms with Gasteiger partial charge in [0.05, 0.1) is 0 Å². The highest BCUT2D eigenvalue weighted by Crippen LogP contribution is 2.32. The molecule has 0 saturated heterocycles. The minimum absolute atomic E-state index is 0.918. The van der Waals surface area contributed by atoms with E-state index in [1.807, 2.05) is 0 Å². The Hall–Kier alpha value is -1.56. The molecule has 0 heteroatoms. The summed E-state index contributed by atoms with van der Waals surface area (Å²) in [6.07, 6.45) is 19.0. The molecule has 0 N–H and O–H groups in total. The van der Waals surface area contributed by atoms with Gasteiger partial charge in [0.25, 0.3) is 0 Å². The molecule has 1 aliphatic rings. The molecule has 3 rings (SSSR count). The van der Waals surface area contributed by atoms with Gasteiger partial charge in [0.1, 0.15) is 0 Å². The summed E-state index contributed by atoms with van der Waals surface area (Å²) in [6, 6.07) is 16.6. The van der Waals surface area contributed by atoms with E-state index < -0.39 is 0 Å². The van der Waals surface area contributed by atoms with Crippen LogP contribution in [0.4, 0.5) is 0 Å². The first-order valence-corrected chi connectivity index (χ1v) is 12.5. The number of aryl methyl sites for hydroxylation is 2. The molecule has 29 heavy (non-hydrogen) atoms. The van der Waals surface area contributed by atoms with Gasteiger partial charge in [0, 0.05) is 0 Å². The quantitative estimate of drug-likeness (QED) is 0.317. The summed E-state index contributed by atoms with van der Waals surface area (Å²) in [5.74, 6) is 0.918. The highest BCUT2D eigenvalue weighted by atomic mass is 14.2. The lowest BCUT2D eigenvalue weighted by molar-refractivity contribution is 0.406. The summed E-state index contributed by atoms with van der Waals surface area (Å²) in [5, 5.41) is 0. The predicted molar refractivity (Wildman–Crippen MR) is 129 cm³/mol. The standard InChI is InChI=1S/C29H42/c1-3-5-7-9-11-12-24-14-17-26(18-15-24)28-21-20-27-22-25(13-10-8-6-4-2)16-19-29(27)23-28/h14-15,17-18,20-21,23,25H,3-13,16,19,22H2,1-2H3. The van der Waals surface area contributed by atoms with Crippen LogP contribution in [-0.2, 0) is 19.3 Å². The number of unbranched alkanes of at least 4 members (excludes halogenated alkanes) is 7. The van der Waals surface area contributed by atoms with Crippen molar-refractivity contribution in [3.8, 4) is 11.1 Å². The fraction of sp³-hybridized carbons (Fsp3) is 0.586. The highest BCUT2D eigenvalue weighted by molar-refractivity contribution is 5.65. The van der Waals surface area contributed by atoms with Crippen LogP contribution < -0.4 is 0 Å².